The number of hydrogen-bond donors (Lipinski definition) is 1. The minimum absolute atomic E-state index is 0.220. The lowest BCUT2D eigenvalue weighted by Gasteiger charge is -2.09. The van der Waals surface area contributed by atoms with E-state index in [1.807, 2.05) is 0 Å². The van der Waals surface area contributed by atoms with Gasteiger partial charge in [0.15, 0.2) is 0 Å². The molecule has 5 nitrogen and oxygen atoms in total. The molecule has 0 aliphatic carbocycles. The summed E-state index contributed by atoms with van der Waals surface area (Å²) in [6, 6.07) is 10.1. The fourth-order valence-electron chi connectivity index (χ4n) is 2.40. The molecule has 1 N–H and O–H groups in total. The van der Waals surface area contributed by atoms with E-state index in [2.05, 4.69) is 0 Å². The van der Waals surface area contributed by atoms with Gasteiger partial charge in [0, 0.05) is 5.56 Å². The average molecular weight is 284 g/mol. The number of carbonyl (C=O) groups is 1. The van der Waals surface area contributed by atoms with Crippen LogP contribution in [0.4, 0.5) is 0 Å². The number of methoxy groups -OCH3 is 1. The van der Waals surface area contributed by atoms with E-state index in [1.165, 1.54) is 7.11 Å². The molecule has 106 valence electrons. The van der Waals surface area contributed by atoms with Crippen LogP contribution in [0.2, 0.25) is 0 Å². The molecule has 0 amide bonds. The second kappa shape index (κ2) is 4.94. The largest absolute Gasteiger partial charge is 0.496 e. The Balaban J connectivity index is 2.49. The molecule has 0 fully saturated rings. The Hall–Kier alpha value is -2.82. The van der Waals surface area contributed by atoms with Gasteiger partial charge in [-0.1, -0.05) is 18.2 Å². The van der Waals surface area contributed by atoms with Crippen molar-refractivity contribution in [2.24, 2.45) is 0 Å². The molecule has 21 heavy (non-hydrogen) atoms. The molecular formula is C16H12O5. The van der Waals surface area contributed by atoms with Crippen molar-refractivity contribution >= 4 is 27.9 Å². The molecule has 5 heteroatoms. The third-order valence-corrected chi connectivity index (χ3v) is 3.33. The summed E-state index contributed by atoms with van der Waals surface area (Å²) in [5.74, 6) is -0.615. The Morgan fingerprint density at radius 1 is 1.24 bits per heavy atom. The SMILES string of the molecule is COc1ccc(CC(=O)O)c2oc3ccccc3c(=O)c12. The predicted molar refractivity (Wildman–Crippen MR) is 77.9 cm³/mol. The van der Waals surface area contributed by atoms with Crippen molar-refractivity contribution in [1.82, 2.24) is 0 Å². The molecule has 1 heterocycles. The minimum Gasteiger partial charge on any atom is -0.496 e. The summed E-state index contributed by atoms with van der Waals surface area (Å²) in [5.41, 5.74) is 0.910. The number of carboxylic acid groups (broad SMARTS) is 1. The molecule has 0 radical (unpaired) electrons. The third kappa shape index (κ3) is 2.12. The molecule has 0 bridgehead atoms. The monoisotopic (exact) mass is 284 g/mol. The standard InChI is InChI=1S/C16H12O5/c1-20-12-7-6-9(8-13(17)18)16-14(12)15(19)10-4-2-3-5-11(10)21-16/h2-7H,8H2,1H3,(H,17,18). The van der Waals surface area contributed by atoms with Crippen molar-refractivity contribution in [3.05, 3.63) is 52.2 Å². The van der Waals surface area contributed by atoms with E-state index < -0.39 is 5.97 Å². The van der Waals surface area contributed by atoms with Crippen molar-refractivity contribution in [3.63, 3.8) is 0 Å². The van der Waals surface area contributed by atoms with Gasteiger partial charge in [-0.2, -0.15) is 0 Å². The molecule has 0 unspecified atom stereocenters. The fourth-order valence-corrected chi connectivity index (χ4v) is 2.40. The third-order valence-electron chi connectivity index (χ3n) is 3.33. The first-order valence-electron chi connectivity index (χ1n) is 6.35. The Morgan fingerprint density at radius 3 is 2.71 bits per heavy atom. The van der Waals surface area contributed by atoms with Gasteiger partial charge in [-0.05, 0) is 18.2 Å². The van der Waals surface area contributed by atoms with E-state index in [9.17, 15) is 9.59 Å². The highest BCUT2D eigenvalue weighted by atomic mass is 16.5. The molecule has 0 saturated heterocycles. The molecule has 0 saturated carbocycles. The van der Waals surface area contributed by atoms with Gasteiger partial charge >= 0.3 is 5.97 Å². The molecule has 0 aliphatic heterocycles. The topological polar surface area (TPSA) is 76.7 Å². The molecule has 0 atom stereocenters. The number of carboxylic acids is 1. The smallest absolute Gasteiger partial charge is 0.307 e. The van der Waals surface area contributed by atoms with Crippen LogP contribution in [0, 0.1) is 0 Å². The van der Waals surface area contributed by atoms with Gasteiger partial charge in [-0.15, -0.1) is 0 Å². The van der Waals surface area contributed by atoms with Gasteiger partial charge < -0.3 is 14.3 Å². The highest BCUT2D eigenvalue weighted by molar-refractivity contribution is 5.95. The first-order chi connectivity index (χ1) is 10.1. The number of fused-ring (bicyclic) bond motifs is 2. The highest BCUT2D eigenvalue weighted by Crippen LogP contribution is 2.29. The second-order valence-electron chi connectivity index (χ2n) is 4.63. The average Bonchev–Trinajstić information content (AvgIpc) is 2.48. The fraction of sp³-hybridized carbons (Fsp3) is 0.125. The number of hydrogen-bond acceptors (Lipinski definition) is 4. The van der Waals surface area contributed by atoms with Gasteiger partial charge in [-0.3, -0.25) is 9.59 Å². The Labute approximate surface area is 119 Å². The van der Waals surface area contributed by atoms with Crippen LogP contribution in [-0.2, 0) is 11.2 Å². The van der Waals surface area contributed by atoms with Crippen LogP contribution in [0.25, 0.3) is 21.9 Å². The zero-order chi connectivity index (χ0) is 15.0. The van der Waals surface area contributed by atoms with Crippen molar-refractivity contribution in [3.8, 4) is 5.75 Å². The van der Waals surface area contributed by atoms with Crippen LogP contribution < -0.4 is 10.2 Å². The number of rotatable bonds is 3. The van der Waals surface area contributed by atoms with Gasteiger partial charge in [0.25, 0.3) is 0 Å². The summed E-state index contributed by atoms with van der Waals surface area (Å²) in [7, 11) is 1.46. The van der Waals surface area contributed by atoms with E-state index in [0.717, 1.165) is 0 Å². The molecule has 0 spiro atoms. The lowest BCUT2D eigenvalue weighted by atomic mass is 10.0. The first-order valence-corrected chi connectivity index (χ1v) is 6.35. The van der Waals surface area contributed by atoms with Gasteiger partial charge in [-0.25, -0.2) is 0 Å². The Bertz CT molecular complexity index is 908. The lowest BCUT2D eigenvalue weighted by molar-refractivity contribution is -0.136. The zero-order valence-electron chi connectivity index (χ0n) is 11.3. The molecular weight excluding hydrogens is 272 g/mol. The summed E-state index contributed by atoms with van der Waals surface area (Å²) >= 11 is 0. The quantitative estimate of drug-likeness (QED) is 0.748. The van der Waals surface area contributed by atoms with Crippen LogP contribution in [0.5, 0.6) is 5.75 Å². The van der Waals surface area contributed by atoms with E-state index in [0.29, 0.717) is 22.3 Å². The van der Waals surface area contributed by atoms with Gasteiger partial charge in [0.2, 0.25) is 5.43 Å². The maximum atomic E-state index is 12.6. The van der Waals surface area contributed by atoms with E-state index >= 15 is 0 Å². The minimum atomic E-state index is -0.989. The van der Waals surface area contributed by atoms with Crippen LogP contribution in [-0.4, -0.2) is 18.2 Å². The first kappa shape index (κ1) is 13.2. The maximum absolute atomic E-state index is 12.6. The van der Waals surface area contributed by atoms with Crippen LogP contribution in [0.3, 0.4) is 0 Å². The molecule has 3 rings (SSSR count). The summed E-state index contributed by atoms with van der Waals surface area (Å²) < 4.78 is 11.0. The number of ether oxygens (including phenoxy) is 1. The van der Waals surface area contributed by atoms with Crippen molar-refractivity contribution in [2.45, 2.75) is 6.42 Å². The summed E-state index contributed by atoms with van der Waals surface area (Å²) in [6.45, 7) is 0. The number of aliphatic carboxylic acids is 1. The molecule has 0 aliphatic rings. The summed E-state index contributed by atoms with van der Waals surface area (Å²) in [6.07, 6.45) is -0.220. The Kier molecular flexibility index (Phi) is 3.10. The van der Waals surface area contributed by atoms with Crippen molar-refractivity contribution in [2.75, 3.05) is 7.11 Å². The van der Waals surface area contributed by atoms with E-state index in [1.54, 1.807) is 36.4 Å². The van der Waals surface area contributed by atoms with E-state index in [-0.39, 0.29) is 22.8 Å². The molecule has 1 aromatic heterocycles. The van der Waals surface area contributed by atoms with Crippen LogP contribution in [0.1, 0.15) is 5.56 Å². The van der Waals surface area contributed by atoms with Gasteiger partial charge in [0.1, 0.15) is 22.3 Å². The second-order valence-corrected chi connectivity index (χ2v) is 4.63. The zero-order valence-corrected chi connectivity index (χ0v) is 11.3. The number of para-hydroxylation sites is 1. The Morgan fingerprint density at radius 2 is 2.00 bits per heavy atom. The highest BCUT2D eigenvalue weighted by Gasteiger charge is 2.16. The van der Waals surface area contributed by atoms with Crippen molar-refractivity contribution in [1.29, 1.82) is 0 Å². The predicted octanol–water partition coefficient (Wildman–Crippen LogP) is 2.58. The van der Waals surface area contributed by atoms with Gasteiger partial charge in [0.05, 0.1) is 18.9 Å². The molecule has 3 aromatic rings. The van der Waals surface area contributed by atoms with E-state index in [4.69, 9.17) is 14.3 Å². The lowest BCUT2D eigenvalue weighted by Crippen LogP contribution is -2.07. The van der Waals surface area contributed by atoms with Crippen LogP contribution in [0.15, 0.2) is 45.6 Å². The normalized spacial score (nSPS) is 10.9. The molecule has 2 aromatic carbocycles. The van der Waals surface area contributed by atoms with Crippen LogP contribution >= 0.6 is 0 Å². The van der Waals surface area contributed by atoms with Crippen molar-refractivity contribution < 1.29 is 19.1 Å². The summed E-state index contributed by atoms with van der Waals surface area (Å²) in [5, 5.41) is 9.70. The number of benzene rings is 2. The maximum Gasteiger partial charge on any atom is 0.307 e. The summed E-state index contributed by atoms with van der Waals surface area (Å²) in [4.78, 5) is 23.6.